The third kappa shape index (κ3) is 4.57. The van der Waals surface area contributed by atoms with Gasteiger partial charge in [0.25, 0.3) is 5.91 Å². The summed E-state index contributed by atoms with van der Waals surface area (Å²) in [7, 11) is 0. The van der Waals surface area contributed by atoms with E-state index in [1.807, 2.05) is 17.0 Å². The lowest BCUT2D eigenvalue weighted by molar-refractivity contribution is -0.122. The van der Waals surface area contributed by atoms with Crippen LogP contribution < -0.4 is 16.4 Å². The standard InChI is InChI=1S/C28H28FN7O2/c29-22-14-16(8-9-31-22)21-15-32-28(33-20-5-3-4-19(13-20)27(38)36-10-1-2-11-36)35-26(21)34-24-18-7-6-17(12-18)23(24)25(30)37/h3-9,13-15,17-18,23-24H,1-2,10-12H2,(H2,30,37)(H2,32,33,34,35). The van der Waals surface area contributed by atoms with Crippen LogP contribution in [0.3, 0.4) is 0 Å². The lowest BCUT2D eigenvalue weighted by atomic mass is 9.88. The summed E-state index contributed by atoms with van der Waals surface area (Å²) in [6, 6.07) is 10.00. The molecule has 1 saturated carbocycles. The Bertz CT molecular complexity index is 1420. The SMILES string of the molecule is NC(=O)C1C2C=CC(C2)C1Nc1nc(Nc2cccc(C(=O)N3CCCC3)c2)ncc1-c1ccnc(F)c1. The molecule has 1 saturated heterocycles. The summed E-state index contributed by atoms with van der Waals surface area (Å²) in [4.78, 5) is 39.8. The number of hydrogen-bond acceptors (Lipinski definition) is 7. The minimum absolute atomic E-state index is 0.00585. The first-order chi connectivity index (χ1) is 18.5. The number of hydrogen-bond donors (Lipinski definition) is 3. The number of rotatable bonds is 7. The Kier molecular flexibility index (Phi) is 6.22. The number of carbonyl (C=O) groups excluding carboxylic acids is 2. The summed E-state index contributed by atoms with van der Waals surface area (Å²) in [5.41, 5.74) is 8.16. The van der Waals surface area contributed by atoms with E-state index in [-0.39, 0.29) is 35.6 Å². The smallest absolute Gasteiger partial charge is 0.253 e. The van der Waals surface area contributed by atoms with Crippen LogP contribution in [0.25, 0.3) is 11.1 Å². The molecular weight excluding hydrogens is 485 g/mol. The third-order valence-corrected chi connectivity index (χ3v) is 7.68. The van der Waals surface area contributed by atoms with Crippen LogP contribution >= 0.6 is 0 Å². The van der Waals surface area contributed by atoms with E-state index in [4.69, 9.17) is 10.7 Å². The number of anilines is 3. The second-order valence-corrected chi connectivity index (χ2v) is 10.1. The molecule has 0 radical (unpaired) electrons. The van der Waals surface area contributed by atoms with Crippen molar-refractivity contribution in [1.82, 2.24) is 19.9 Å². The van der Waals surface area contributed by atoms with Gasteiger partial charge in [-0.15, -0.1) is 0 Å². The number of halogens is 1. The van der Waals surface area contributed by atoms with Gasteiger partial charge >= 0.3 is 0 Å². The number of allylic oxidation sites excluding steroid dienone is 1. The quantitative estimate of drug-likeness (QED) is 0.324. The van der Waals surface area contributed by atoms with Crippen molar-refractivity contribution in [3.05, 3.63) is 72.5 Å². The van der Waals surface area contributed by atoms with Crippen LogP contribution in [0.4, 0.5) is 21.8 Å². The Labute approximate surface area is 219 Å². The molecule has 4 N–H and O–H groups in total. The number of nitrogens with one attached hydrogen (secondary N) is 2. The van der Waals surface area contributed by atoms with Crippen molar-refractivity contribution in [3.63, 3.8) is 0 Å². The van der Waals surface area contributed by atoms with Gasteiger partial charge in [0.15, 0.2) is 0 Å². The number of aromatic nitrogens is 3. The largest absolute Gasteiger partial charge is 0.369 e. The Hall–Kier alpha value is -4.34. The molecule has 2 fully saturated rings. The molecule has 194 valence electrons. The maximum atomic E-state index is 14.0. The Balaban J connectivity index is 1.32. The van der Waals surface area contributed by atoms with Gasteiger partial charge in [-0.3, -0.25) is 9.59 Å². The molecule has 6 rings (SSSR count). The first-order valence-corrected chi connectivity index (χ1v) is 12.9. The van der Waals surface area contributed by atoms with E-state index in [0.717, 1.165) is 32.4 Å². The Morgan fingerprint density at radius 1 is 1.05 bits per heavy atom. The minimum atomic E-state index is -0.618. The van der Waals surface area contributed by atoms with E-state index in [1.165, 1.54) is 12.3 Å². The van der Waals surface area contributed by atoms with E-state index in [2.05, 4.69) is 32.8 Å². The molecule has 3 heterocycles. The summed E-state index contributed by atoms with van der Waals surface area (Å²) < 4.78 is 14.0. The first-order valence-electron chi connectivity index (χ1n) is 12.9. The average Bonchev–Trinajstić information content (AvgIpc) is 3.67. The predicted molar refractivity (Wildman–Crippen MR) is 141 cm³/mol. The summed E-state index contributed by atoms with van der Waals surface area (Å²) in [5.74, 6) is -0.361. The number of benzene rings is 1. The molecule has 4 unspecified atom stereocenters. The van der Waals surface area contributed by atoms with Crippen molar-refractivity contribution in [2.24, 2.45) is 23.5 Å². The lowest BCUT2D eigenvalue weighted by Gasteiger charge is -2.28. The van der Waals surface area contributed by atoms with Crippen LogP contribution in [0, 0.1) is 23.7 Å². The van der Waals surface area contributed by atoms with Crippen LogP contribution in [-0.4, -0.2) is 50.8 Å². The molecule has 2 bridgehead atoms. The highest BCUT2D eigenvalue weighted by Crippen LogP contribution is 2.45. The van der Waals surface area contributed by atoms with Gasteiger partial charge in [-0.2, -0.15) is 9.37 Å². The second-order valence-electron chi connectivity index (χ2n) is 10.1. The highest BCUT2D eigenvalue weighted by Gasteiger charge is 2.47. The molecule has 9 nitrogen and oxygen atoms in total. The predicted octanol–water partition coefficient (Wildman–Crippen LogP) is 3.75. The van der Waals surface area contributed by atoms with Gasteiger partial charge in [-0.1, -0.05) is 18.2 Å². The molecular formula is C28H28FN7O2. The minimum Gasteiger partial charge on any atom is -0.369 e. The number of likely N-dealkylation sites (tertiary alicyclic amines) is 1. The average molecular weight is 514 g/mol. The maximum absolute atomic E-state index is 14.0. The number of pyridine rings is 1. The fraction of sp³-hybridized carbons (Fsp3) is 0.321. The van der Waals surface area contributed by atoms with Crippen molar-refractivity contribution in [2.75, 3.05) is 23.7 Å². The van der Waals surface area contributed by atoms with Gasteiger partial charge in [0.2, 0.25) is 17.8 Å². The van der Waals surface area contributed by atoms with Crippen LogP contribution in [0.5, 0.6) is 0 Å². The van der Waals surface area contributed by atoms with E-state index in [1.54, 1.807) is 24.4 Å². The molecule has 2 aliphatic carbocycles. The Morgan fingerprint density at radius 3 is 2.66 bits per heavy atom. The number of primary amides is 1. The van der Waals surface area contributed by atoms with Crippen LogP contribution in [0.15, 0.2) is 60.9 Å². The van der Waals surface area contributed by atoms with Crippen molar-refractivity contribution >= 4 is 29.3 Å². The zero-order valence-corrected chi connectivity index (χ0v) is 20.7. The molecule has 38 heavy (non-hydrogen) atoms. The van der Waals surface area contributed by atoms with Gasteiger partial charge in [0.1, 0.15) is 5.82 Å². The molecule has 1 aromatic carbocycles. The maximum Gasteiger partial charge on any atom is 0.253 e. The number of amides is 2. The van der Waals surface area contributed by atoms with Crippen molar-refractivity contribution in [1.29, 1.82) is 0 Å². The molecule has 0 spiro atoms. The number of carbonyl (C=O) groups is 2. The number of fused-ring (bicyclic) bond motifs is 2. The fourth-order valence-electron chi connectivity index (χ4n) is 5.86. The van der Waals surface area contributed by atoms with E-state index >= 15 is 0 Å². The molecule has 3 aliphatic rings. The zero-order chi connectivity index (χ0) is 26.2. The molecule has 10 heteroatoms. The fourth-order valence-corrected chi connectivity index (χ4v) is 5.86. The zero-order valence-electron chi connectivity index (χ0n) is 20.7. The van der Waals surface area contributed by atoms with Gasteiger partial charge < -0.3 is 21.3 Å². The first kappa shape index (κ1) is 24.0. The van der Waals surface area contributed by atoms with Gasteiger partial charge in [0.05, 0.1) is 5.92 Å². The van der Waals surface area contributed by atoms with E-state index in [0.29, 0.717) is 34.1 Å². The van der Waals surface area contributed by atoms with Gasteiger partial charge in [0, 0.05) is 54.4 Å². The summed E-state index contributed by atoms with van der Waals surface area (Å²) in [6.07, 6.45) is 10.0. The van der Waals surface area contributed by atoms with Crippen LogP contribution in [0.1, 0.15) is 29.6 Å². The van der Waals surface area contributed by atoms with E-state index < -0.39 is 5.95 Å². The lowest BCUT2D eigenvalue weighted by Crippen LogP contribution is -2.41. The highest BCUT2D eigenvalue weighted by molar-refractivity contribution is 5.95. The summed E-state index contributed by atoms with van der Waals surface area (Å²) >= 11 is 0. The molecule has 3 aromatic rings. The van der Waals surface area contributed by atoms with Gasteiger partial charge in [-0.05, 0) is 60.9 Å². The monoisotopic (exact) mass is 513 g/mol. The second kappa shape index (κ2) is 9.85. The third-order valence-electron chi connectivity index (χ3n) is 7.68. The molecule has 1 aliphatic heterocycles. The number of nitrogens with zero attached hydrogens (tertiary/aromatic N) is 4. The molecule has 2 amide bonds. The highest BCUT2D eigenvalue weighted by atomic mass is 19.1. The molecule has 4 atom stereocenters. The number of nitrogens with two attached hydrogens (primary N) is 1. The summed E-state index contributed by atoms with van der Waals surface area (Å²) in [5, 5.41) is 6.62. The normalized spacial score (nSPS) is 23.6. The van der Waals surface area contributed by atoms with Crippen molar-refractivity contribution < 1.29 is 14.0 Å². The van der Waals surface area contributed by atoms with Crippen molar-refractivity contribution in [3.8, 4) is 11.1 Å². The van der Waals surface area contributed by atoms with Crippen molar-refractivity contribution in [2.45, 2.75) is 25.3 Å². The Morgan fingerprint density at radius 2 is 1.87 bits per heavy atom. The topological polar surface area (TPSA) is 126 Å². The molecule has 2 aromatic heterocycles. The van der Waals surface area contributed by atoms with Crippen LogP contribution in [0.2, 0.25) is 0 Å². The van der Waals surface area contributed by atoms with E-state index in [9.17, 15) is 14.0 Å². The van der Waals surface area contributed by atoms with Crippen LogP contribution in [-0.2, 0) is 4.79 Å². The summed E-state index contributed by atoms with van der Waals surface area (Å²) in [6.45, 7) is 1.55. The van der Waals surface area contributed by atoms with Gasteiger partial charge in [-0.25, -0.2) is 9.97 Å².